The van der Waals surface area contributed by atoms with Gasteiger partial charge in [0.15, 0.2) is 0 Å². The maximum absolute atomic E-state index is 5.88. The molecule has 1 rings (SSSR count). The molecule has 0 unspecified atom stereocenters. The third-order valence-electron chi connectivity index (χ3n) is 2.24. The fourth-order valence-electron chi connectivity index (χ4n) is 1.44. The molecule has 0 bridgehead atoms. The van der Waals surface area contributed by atoms with Gasteiger partial charge in [0.25, 0.3) is 0 Å². The first-order valence-electron chi connectivity index (χ1n) is 4.49. The molecule has 66 valence electrons. The van der Waals surface area contributed by atoms with Crippen molar-refractivity contribution in [2.24, 2.45) is 5.73 Å². The molecule has 12 heavy (non-hydrogen) atoms. The van der Waals surface area contributed by atoms with Crippen LogP contribution in [0.5, 0.6) is 0 Å². The number of hydrogen-bond donors (Lipinski definition) is 1. The zero-order chi connectivity index (χ0) is 8.97. The fourth-order valence-corrected chi connectivity index (χ4v) is 1.44. The number of rotatable bonds is 3. The van der Waals surface area contributed by atoms with E-state index in [1.807, 2.05) is 6.08 Å². The maximum atomic E-state index is 5.88. The summed E-state index contributed by atoms with van der Waals surface area (Å²) in [6.07, 6.45) is 8.41. The van der Waals surface area contributed by atoms with E-state index in [-0.39, 0.29) is 0 Å². The van der Waals surface area contributed by atoms with Gasteiger partial charge in [-0.25, -0.2) is 0 Å². The highest BCUT2D eigenvalue weighted by atomic mass is 14.6. The van der Waals surface area contributed by atoms with Gasteiger partial charge in [-0.1, -0.05) is 17.7 Å². The van der Waals surface area contributed by atoms with E-state index < -0.39 is 0 Å². The second-order valence-electron chi connectivity index (χ2n) is 3.37. The summed E-state index contributed by atoms with van der Waals surface area (Å²) in [7, 11) is 0. The van der Waals surface area contributed by atoms with E-state index in [1.54, 1.807) is 0 Å². The first-order chi connectivity index (χ1) is 5.74. The molecule has 0 amide bonds. The Labute approximate surface area is 74.7 Å². The van der Waals surface area contributed by atoms with Gasteiger partial charge in [-0.05, 0) is 38.2 Å². The molecule has 0 radical (unpaired) electrons. The zero-order valence-corrected chi connectivity index (χ0v) is 7.77. The molecule has 0 spiro atoms. The first-order valence-corrected chi connectivity index (χ1v) is 4.49. The molecule has 1 nitrogen and oxygen atoms in total. The summed E-state index contributed by atoms with van der Waals surface area (Å²) in [5.74, 6) is 0. The molecule has 0 atom stereocenters. The lowest BCUT2D eigenvalue weighted by molar-refractivity contribution is 0.840. The minimum Gasteiger partial charge on any atom is -0.402 e. The molecule has 0 aromatic heterocycles. The van der Waals surface area contributed by atoms with Crippen molar-refractivity contribution < 1.29 is 0 Å². The first kappa shape index (κ1) is 9.11. The van der Waals surface area contributed by atoms with Crippen LogP contribution in [-0.4, -0.2) is 0 Å². The van der Waals surface area contributed by atoms with Crippen LogP contribution in [-0.2, 0) is 0 Å². The van der Waals surface area contributed by atoms with Gasteiger partial charge in [0, 0.05) is 5.70 Å². The van der Waals surface area contributed by atoms with Crippen molar-refractivity contribution in [3.05, 3.63) is 35.6 Å². The van der Waals surface area contributed by atoms with Crippen LogP contribution in [0, 0.1) is 0 Å². The quantitative estimate of drug-likeness (QED) is 0.636. The number of hydrogen-bond acceptors (Lipinski definition) is 1. The Bertz CT molecular complexity index is 233. The summed E-state index contributed by atoms with van der Waals surface area (Å²) in [4.78, 5) is 0. The number of nitrogens with two attached hydrogens (primary N) is 1. The molecule has 0 saturated carbocycles. The van der Waals surface area contributed by atoms with Crippen LogP contribution in [0.3, 0.4) is 0 Å². The van der Waals surface area contributed by atoms with Gasteiger partial charge >= 0.3 is 0 Å². The summed E-state index contributed by atoms with van der Waals surface area (Å²) in [5.41, 5.74) is 9.72. The van der Waals surface area contributed by atoms with E-state index in [0.717, 1.165) is 31.4 Å². The van der Waals surface area contributed by atoms with Gasteiger partial charge in [-0.3, -0.25) is 0 Å². The van der Waals surface area contributed by atoms with Gasteiger partial charge in [0.1, 0.15) is 0 Å². The van der Waals surface area contributed by atoms with E-state index in [4.69, 9.17) is 5.73 Å². The van der Waals surface area contributed by atoms with Crippen molar-refractivity contribution in [3.8, 4) is 0 Å². The second-order valence-corrected chi connectivity index (χ2v) is 3.37. The zero-order valence-electron chi connectivity index (χ0n) is 7.77. The predicted molar refractivity (Wildman–Crippen MR) is 53.6 cm³/mol. The van der Waals surface area contributed by atoms with E-state index in [9.17, 15) is 0 Å². The molecule has 1 heteroatoms. The van der Waals surface area contributed by atoms with E-state index in [2.05, 4.69) is 19.6 Å². The topological polar surface area (TPSA) is 26.0 Å². The molecule has 0 heterocycles. The van der Waals surface area contributed by atoms with Gasteiger partial charge in [0.05, 0.1) is 0 Å². The minimum atomic E-state index is 1.03. The van der Waals surface area contributed by atoms with Crippen molar-refractivity contribution in [2.45, 2.75) is 32.6 Å². The molecule has 0 aromatic carbocycles. The van der Waals surface area contributed by atoms with Crippen LogP contribution in [0.15, 0.2) is 35.6 Å². The largest absolute Gasteiger partial charge is 0.402 e. The average Bonchev–Trinajstić information content (AvgIpc) is 2.07. The summed E-state index contributed by atoms with van der Waals surface area (Å²) in [5, 5.41) is 0. The number of allylic oxidation sites excluding steroid dienone is 5. The molecule has 1 aliphatic rings. The molecule has 2 N–H and O–H groups in total. The van der Waals surface area contributed by atoms with Gasteiger partial charge in [-0.15, -0.1) is 6.58 Å². The fraction of sp³-hybridized carbons (Fsp3) is 0.455. The van der Waals surface area contributed by atoms with Crippen molar-refractivity contribution >= 4 is 0 Å². The Morgan fingerprint density at radius 1 is 1.58 bits per heavy atom. The Balaban J connectivity index is 2.64. The van der Waals surface area contributed by atoms with Crippen LogP contribution in [0.2, 0.25) is 0 Å². The summed E-state index contributed by atoms with van der Waals surface area (Å²) in [6.45, 7) is 5.87. The normalized spacial score (nSPS) is 17.6. The van der Waals surface area contributed by atoms with E-state index >= 15 is 0 Å². The van der Waals surface area contributed by atoms with Gasteiger partial charge in [0.2, 0.25) is 0 Å². The maximum Gasteiger partial charge on any atom is 0.0116 e. The lowest BCUT2D eigenvalue weighted by atomic mass is 9.95. The van der Waals surface area contributed by atoms with Crippen LogP contribution in [0.1, 0.15) is 32.6 Å². The standard InChI is InChI=1S/C11H17N/c1-3-4-5-10-8-9(2)6-7-11(10)12/h3,8H,1,4-7,12H2,2H3. The highest BCUT2D eigenvalue weighted by Gasteiger charge is 2.06. The Morgan fingerprint density at radius 3 is 3.00 bits per heavy atom. The van der Waals surface area contributed by atoms with Crippen LogP contribution < -0.4 is 5.73 Å². The van der Waals surface area contributed by atoms with Gasteiger partial charge < -0.3 is 5.73 Å². The third-order valence-corrected chi connectivity index (χ3v) is 2.24. The minimum absolute atomic E-state index is 1.03. The van der Waals surface area contributed by atoms with Crippen LogP contribution in [0.25, 0.3) is 0 Å². The lowest BCUT2D eigenvalue weighted by Crippen LogP contribution is -2.06. The summed E-state index contributed by atoms with van der Waals surface area (Å²) < 4.78 is 0. The van der Waals surface area contributed by atoms with Crippen molar-refractivity contribution in [2.75, 3.05) is 0 Å². The lowest BCUT2D eigenvalue weighted by Gasteiger charge is -2.14. The Morgan fingerprint density at radius 2 is 2.33 bits per heavy atom. The van der Waals surface area contributed by atoms with Crippen molar-refractivity contribution in [1.29, 1.82) is 0 Å². The van der Waals surface area contributed by atoms with Crippen molar-refractivity contribution in [1.82, 2.24) is 0 Å². The van der Waals surface area contributed by atoms with E-state index in [1.165, 1.54) is 11.1 Å². The SMILES string of the molecule is C=CCCC1=C(N)CCC(C)=C1. The van der Waals surface area contributed by atoms with Crippen molar-refractivity contribution in [3.63, 3.8) is 0 Å². The van der Waals surface area contributed by atoms with Gasteiger partial charge in [-0.2, -0.15) is 0 Å². The van der Waals surface area contributed by atoms with Crippen LogP contribution in [0.4, 0.5) is 0 Å². The second kappa shape index (κ2) is 4.15. The Hall–Kier alpha value is -0.980. The molecular weight excluding hydrogens is 146 g/mol. The average molecular weight is 163 g/mol. The molecule has 1 aliphatic carbocycles. The molecule has 0 fully saturated rings. The third kappa shape index (κ3) is 2.26. The smallest absolute Gasteiger partial charge is 0.0116 e. The highest BCUT2D eigenvalue weighted by molar-refractivity contribution is 5.31. The summed E-state index contributed by atoms with van der Waals surface area (Å²) in [6, 6.07) is 0. The molecular formula is C11H17N. The predicted octanol–water partition coefficient (Wildman–Crippen LogP) is 2.91. The monoisotopic (exact) mass is 163 g/mol. The van der Waals surface area contributed by atoms with E-state index in [0.29, 0.717) is 0 Å². The van der Waals surface area contributed by atoms with Crippen LogP contribution >= 0.6 is 0 Å². The summed E-state index contributed by atoms with van der Waals surface area (Å²) >= 11 is 0. The highest BCUT2D eigenvalue weighted by Crippen LogP contribution is 2.23. The molecule has 0 aromatic rings. The molecule has 0 saturated heterocycles. The Kier molecular flexibility index (Phi) is 3.15. The molecule has 0 aliphatic heterocycles.